The van der Waals surface area contributed by atoms with E-state index in [1.807, 2.05) is 50.5 Å². The van der Waals surface area contributed by atoms with Crippen LogP contribution in [0.5, 0.6) is 5.75 Å². The fourth-order valence-corrected chi connectivity index (χ4v) is 1.98. The lowest BCUT2D eigenvalue weighted by atomic mass is 10.0. The minimum atomic E-state index is 0.661. The number of ether oxygens (including phenoxy) is 1. The Morgan fingerprint density at radius 2 is 1.79 bits per heavy atom. The van der Waals surface area contributed by atoms with Crippen molar-refractivity contribution in [2.45, 2.75) is 0 Å². The fraction of sp³-hybridized carbons (Fsp3) is 0.250. The van der Waals surface area contributed by atoms with Gasteiger partial charge in [0.2, 0.25) is 0 Å². The predicted octanol–water partition coefficient (Wildman–Crippen LogP) is 3.95. The molecule has 0 amide bonds. The molecule has 0 aliphatic carbocycles. The first-order valence-corrected chi connectivity index (χ1v) is 6.67. The van der Waals surface area contributed by atoms with E-state index in [0.29, 0.717) is 6.61 Å². The number of hydrogen-bond donors (Lipinski definition) is 0. The second-order valence-electron chi connectivity index (χ2n) is 4.66. The highest BCUT2D eigenvalue weighted by molar-refractivity contribution is 6.31. The molecule has 0 bridgehead atoms. The summed E-state index contributed by atoms with van der Waals surface area (Å²) >= 11 is 6.09. The number of rotatable bonds is 5. The van der Waals surface area contributed by atoms with Gasteiger partial charge in [-0.2, -0.15) is 0 Å². The van der Waals surface area contributed by atoms with Crippen LogP contribution in [-0.4, -0.2) is 32.1 Å². The van der Waals surface area contributed by atoms with Gasteiger partial charge in [0.05, 0.1) is 0 Å². The molecule has 100 valence electrons. The molecule has 2 rings (SSSR count). The quantitative estimate of drug-likeness (QED) is 0.819. The summed E-state index contributed by atoms with van der Waals surface area (Å²) in [4.78, 5) is 2.10. The lowest BCUT2D eigenvalue weighted by Crippen LogP contribution is -2.19. The van der Waals surface area contributed by atoms with Gasteiger partial charge in [-0.3, -0.25) is 0 Å². The standard InChI is InChI=1S/C16H18ClNO/c1-18(2)10-11-19-16-9-8-14(17)12-15(16)13-6-4-3-5-7-13/h3-9,12H,10-11H2,1-2H3. The largest absolute Gasteiger partial charge is 0.492 e. The number of hydrogen-bond acceptors (Lipinski definition) is 2. The summed E-state index contributed by atoms with van der Waals surface area (Å²) in [5.41, 5.74) is 2.15. The minimum Gasteiger partial charge on any atom is -0.492 e. The Kier molecular flexibility index (Phi) is 4.83. The van der Waals surface area contributed by atoms with Crippen LogP contribution in [0.4, 0.5) is 0 Å². The predicted molar refractivity (Wildman–Crippen MR) is 80.9 cm³/mol. The third-order valence-corrected chi connectivity index (χ3v) is 3.06. The molecule has 0 heterocycles. The monoisotopic (exact) mass is 275 g/mol. The number of halogens is 1. The van der Waals surface area contributed by atoms with Gasteiger partial charge in [0.1, 0.15) is 12.4 Å². The number of benzene rings is 2. The summed E-state index contributed by atoms with van der Waals surface area (Å²) in [5.74, 6) is 0.873. The zero-order valence-corrected chi connectivity index (χ0v) is 12.0. The van der Waals surface area contributed by atoms with Gasteiger partial charge in [0.15, 0.2) is 0 Å². The number of likely N-dealkylation sites (N-methyl/N-ethyl adjacent to an activating group) is 1. The van der Waals surface area contributed by atoms with Gasteiger partial charge < -0.3 is 9.64 Å². The van der Waals surface area contributed by atoms with Crippen molar-refractivity contribution in [2.24, 2.45) is 0 Å². The van der Waals surface area contributed by atoms with Crippen molar-refractivity contribution < 1.29 is 4.74 Å². The Hall–Kier alpha value is -1.51. The van der Waals surface area contributed by atoms with E-state index in [0.717, 1.165) is 28.4 Å². The molecule has 19 heavy (non-hydrogen) atoms. The molecule has 3 heteroatoms. The average Bonchev–Trinajstić information content (AvgIpc) is 2.41. The zero-order chi connectivity index (χ0) is 13.7. The van der Waals surface area contributed by atoms with Crippen LogP contribution in [0.15, 0.2) is 48.5 Å². The smallest absolute Gasteiger partial charge is 0.127 e. The molecule has 0 aliphatic rings. The highest BCUT2D eigenvalue weighted by Gasteiger charge is 2.07. The highest BCUT2D eigenvalue weighted by atomic mass is 35.5. The third-order valence-electron chi connectivity index (χ3n) is 2.82. The van der Waals surface area contributed by atoms with Crippen LogP contribution in [0.25, 0.3) is 11.1 Å². The summed E-state index contributed by atoms with van der Waals surface area (Å²) in [6.07, 6.45) is 0. The van der Waals surface area contributed by atoms with E-state index in [9.17, 15) is 0 Å². The van der Waals surface area contributed by atoms with Crippen LogP contribution in [0.1, 0.15) is 0 Å². The maximum atomic E-state index is 6.09. The van der Waals surface area contributed by atoms with E-state index in [4.69, 9.17) is 16.3 Å². The Bertz CT molecular complexity index is 526. The van der Waals surface area contributed by atoms with Crippen LogP contribution in [0.3, 0.4) is 0 Å². The lowest BCUT2D eigenvalue weighted by Gasteiger charge is -2.14. The van der Waals surface area contributed by atoms with Crippen LogP contribution in [0.2, 0.25) is 5.02 Å². The molecule has 0 spiro atoms. The molecule has 0 radical (unpaired) electrons. The molecule has 0 N–H and O–H groups in total. The normalized spacial score (nSPS) is 10.7. The molecule has 0 fully saturated rings. The fourth-order valence-electron chi connectivity index (χ4n) is 1.81. The molecule has 0 saturated heterocycles. The van der Waals surface area contributed by atoms with Gasteiger partial charge in [-0.05, 0) is 37.9 Å². The molecule has 0 aliphatic heterocycles. The first kappa shape index (κ1) is 13.9. The van der Waals surface area contributed by atoms with Gasteiger partial charge >= 0.3 is 0 Å². The third kappa shape index (κ3) is 3.98. The summed E-state index contributed by atoms with van der Waals surface area (Å²) in [7, 11) is 4.06. The van der Waals surface area contributed by atoms with Gasteiger partial charge in [0.25, 0.3) is 0 Å². The molecule has 0 unspecified atom stereocenters. The summed E-state index contributed by atoms with van der Waals surface area (Å²) in [6, 6.07) is 15.9. The average molecular weight is 276 g/mol. The molecule has 2 nitrogen and oxygen atoms in total. The number of nitrogens with zero attached hydrogens (tertiary/aromatic N) is 1. The van der Waals surface area contributed by atoms with Gasteiger partial charge in [0, 0.05) is 17.1 Å². The molecule has 0 atom stereocenters. The van der Waals surface area contributed by atoms with E-state index in [-0.39, 0.29) is 0 Å². The van der Waals surface area contributed by atoms with E-state index in [1.165, 1.54) is 0 Å². The molecule has 2 aromatic carbocycles. The summed E-state index contributed by atoms with van der Waals surface area (Å²) in [6.45, 7) is 1.55. The summed E-state index contributed by atoms with van der Waals surface area (Å²) < 4.78 is 5.86. The van der Waals surface area contributed by atoms with E-state index in [2.05, 4.69) is 17.0 Å². The highest BCUT2D eigenvalue weighted by Crippen LogP contribution is 2.32. The van der Waals surface area contributed by atoms with E-state index < -0.39 is 0 Å². The van der Waals surface area contributed by atoms with Crippen molar-refractivity contribution in [2.75, 3.05) is 27.2 Å². The van der Waals surface area contributed by atoms with Crippen molar-refractivity contribution in [3.8, 4) is 16.9 Å². The minimum absolute atomic E-state index is 0.661. The second kappa shape index (κ2) is 6.60. The first-order chi connectivity index (χ1) is 9.16. The zero-order valence-electron chi connectivity index (χ0n) is 11.3. The SMILES string of the molecule is CN(C)CCOc1ccc(Cl)cc1-c1ccccc1. The van der Waals surface area contributed by atoms with Crippen LogP contribution in [-0.2, 0) is 0 Å². The van der Waals surface area contributed by atoms with Gasteiger partial charge in [-0.25, -0.2) is 0 Å². The molecular weight excluding hydrogens is 258 g/mol. The molecule has 2 aromatic rings. The van der Waals surface area contributed by atoms with Crippen LogP contribution >= 0.6 is 11.6 Å². The van der Waals surface area contributed by atoms with Crippen molar-refractivity contribution in [3.63, 3.8) is 0 Å². The second-order valence-corrected chi connectivity index (χ2v) is 5.09. The van der Waals surface area contributed by atoms with Crippen molar-refractivity contribution in [3.05, 3.63) is 53.6 Å². The Balaban J connectivity index is 2.23. The summed E-state index contributed by atoms with van der Waals surface area (Å²) in [5, 5.41) is 0.721. The van der Waals surface area contributed by atoms with Gasteiger partial charge in [-0.1, -0.05) is 41.9 Å². The maximum absolute atomic E-state index is 6.09. The van der Waals surface area contributed by atoms with Crippen molar-refractivity contribution >= 4 is 11.6 Å². The lowest BCUT2D eigenvalue weighted by molar-refractivity contribution is 0.262. The van der Waals surface area contributed by atoms with E-state index in [1.54, 1.807) is 0 Å². The Labute approximate surface area is 119 Å². The Morgan fingerprint density at radius 3 is 2.47 bits per heavy atom. The first-order valence-electron chi connectivity index (χ1n) is 6.29. The van der Waals surface area contributed by atoms with Crippen LogP contribution < -0.4 is 4.74 Å². The molecule has 0 saturated carbocycles. The van der Waals surface area contributed by atoms with Crippen molar-refractivity contribution in [1.82, 2.24) is 4.90 Å². The maximum Gasteiger partial charge on any atom is 0.127 e. The topological polar surface area (TPSA) is 12.5 Å². The van der Waals surface area contributed by atoms with Gasteiger partial charge in [-0.15, -0.1) is 0 Å². The van der Waals surface area contributed by atoms with Crippen LogP contribution in [0, 0.1) is 0 Å². The Morgan fingerprint density at radius 1 is 1.05 bits per heavy atom. The van der Waals surface area contributed by atoms with E-state index >= 15 is 0 Å². The molecular formula is C16H18ClNO. The molecule has 0 aromatic heterocycles. The van der Waals surface area contributed by atoms with Crippen molar-refractivity contribution in [1.29, 1.82) is 0 Å².